The highest BCUT2D eigenvalue weighted by Gasteiger charge is 2.22. The van der Waals surface area contributed by atoms with Crippen molar-refractivity contribution in [2.24, 2.45) is 17.6 Å². The van der Waals surface area contributed by atoms with Gasteiger partial charge in [0.1, 0.15) is 0 Å². The molecule has 1 heterocycles. The van der Waals surface area contributed by atoms with Crippen molar-refractivity contribution in [3.8, 4) is 0 Å². The van der Waals surface area contributed by atoms with Crippen LogP contribution >= 0.6 is 0 Å². The number of hydrogen-bond donors (Lipinski definition) is 1. The van der Waals surface area contributed by atoms with Crippen LogP contribution in [0.2, 0.25) is 0 Å². The van der Waals surface area contributed by atoms with E-state index in [0.717, 1.165) is 18.3 Å². The molecule has 0 radical (unpaired) electrons. The van der Waals surface area contributed by atoms with Crippen molar-refractivity contribution in [2.45, 2.75) is 46.1 Å². The normalized spacial score (nSPS) is 18.9. The molecule has 1 saturated heterocycles. The predicted octanol–water partition coefficient (Wildman–Crippen LogP) is 3.45. The molecule has 19 heavy (non-hydrogen) atoms. The summed E-state index contributed by atoms with van der Waals surface area (Å²) >= 11 is 0. The fraction of sp³-hybridized carbons (Fsp3) is 0.647. The predicted molar refractivity (Wildman–Crippen MR) is 83.6 cm³/mol. The molecule has 0 bridgehead atoms. The minimum atomic E-state index is 0.231. The van der Waals surface area contributed by atoms with E-state index in [2.05, 4.69) is 49.9 Å². The zero-order valence-electron chi connectivity index (χ0n) is 12.6. The molecule has 0 aromatic heterocycles. The molecule has 1 aromatic carbocycles. The van der Waals surface area contributed by atoms with Gasteiger partial charge in [0.25, 0.3) is 0 Å². The van der Waals surface area contributed by atoms with Crippen LogP contribution in [0, 0.1) is 11.8 Å². The van der Waals surface area contributed by atoms with Gasteiger partial charge in [-0.2, -0.15) is 0 Å². The molecule has 1 atom stereocenters. The van der Waals surface area contributed by atoms with Gasteiger partial charge in [0, 0.05) is 24.8 Å². The first-order valence-electron chi connectivity index (χ1n) is 7.66. The van der Waals surface area contributed by atoms with Crippen LogP contribution in [0.1, 0.15) is 39.2 Å². The second-order valence-electron chi connectivity index (χ2n) is 6.38. The summed E-state index contributed by atoms with van der Waals surface area (Å²) in [5.41, 5.74) is 8.77. The Hall–Kier alpha value is -1.02. The molecule has 0 amide bonds. The van der Waals surface area contributed by atoms with Gasteiger partial charge in [0.05, 0.1) is 0 Å². The van der Waals surface area contributed by atoms with Crippen LogP contribution in [0.15, 0.2) is 24.3 Å². The number of para-hydroxylation sites is 1. The summed E-state index contributed by atoms with van der Waals surface area (Å²) < 4.78 is 0. The third-order valence-corrected chi connectivity index (χ3v) is 4.36. The number of benzene rings is 1. The quantitative estimate of drug-likeness (QED) is 0.898. The lowest BCUT2D eigenvalue weighted by atomic mass is 9.86. The first kappa shape index (κ1) is 14.4. The van der Waals surface area contributed by atoms with Crippen molar-refractivity contribution >= 4 is 5.69 Å². The highest BCUT2D eigenvalue weighted by atomic mass is 15.1. The minimum absolute atomic E-state index is 0.231. The lowest BCUT2D eigenvalue weighted by molar-refractivity contribution is 0.311. The van der Waals surface area contributed by atoms with Gasteiger partial charge in [-0.3, -0.25) is 0 Å². The first-order chi connectivity index (χ1) is 9.08. The van der Waals surface area contributed by atoms with E-state index in [0.29, 0.717) is 0 Å². The summed E-state index contributed by atoms with van der Waals surface area (Å²) in [5.74, 6) is 1.72. The summed E-state index contributed by atoms with van der Waals surface area (Å²) in [4.78, 5) is 2.55. The SMILES string of the molecule is CC(N)Cc1ccccc1N1CCC(C(C)C)CC1. The number of nitrogens with two attached hydrogens (primary N) is 1. The lowest BCUT2D eigenvalue weighted by Crippen LogP contribution is -2.36. The largest absolute Gasteiger partial charge is 0.371 e. The van der Waals surface area contributed by atoms with Crippen LogP contribution in [0.5, 0.6) is 0 Å². The molecule has 0 spiro atoms. The van der Waals surface area contributed by atoms with Gasteiger partial charge in [-0.25, -0.2) is 0 Å². The Kier molecular flexibility index (Phi) is 4.87. The van der Waals surface area contributed by atoms with E-state index >= 15 is 0 Å². The maximum Gasteiger partial charge on any atom is 0.0399 e. The summed E-state index contributed by atoms with van der Waals surface area (Å²) in [5, 5.41) is 0. The van der Waals surface area contributed by atoms with Crippen LogP contribution in [0.3, 0.4) is 0 Å². The van der Waals surface area contributed by atoms with Crippen LogP contribution < -0.4 is 10.6 Å². The van der Waals surface area contributed by atoms with E-state index in [4.69, 9.17) is 5.73 Å². The standard InChI is InChI=1S/C17H28N2/c1-13(2)15-8-10-19(11-9-15)17-7-5-4-6-16(17)12-14(3)18/h4-7,13-15H,8-12,18H2,1-3H3. The Morgan fingerprint density at radius 3 is 2.37 bits per heavy atom. The van der Waals surface area contributed by atoms with Gasteiger partial charge < -0.3 is 10.6 Å². The topological polar surface area (TPSA) is 29.3 Å². The molecule has 2 rings (SSSR count). The Morgan fingerprint density at radius 1 is 1.16 bits per heavy atom. The second-order valence-corrected chi connectivity index (χ2v) is 6.38. The highest BCUT2D eigenvalue weighted by molar-refractivity contribution is 5.54. The molecule has 1 fully saturated rings. The lowest BCUT2D eigenvalue weighted by Gasteiger charge is -2.36. The summed E-state index contributed by atoms with van der Waals surface area (Å²) in [6.07, 6.45) is 3.62. The van der Waals surface area contributed by atoms with E-state index in [9.17, 15) is 0 Å². The summed E-state index contributed by atoms with van der Waals surface area (Å²) in [6.45, 7) is 9.17. The molecule has 1 unspecified atom stereocenters. The van der Waals surface area contributed by atoms with Gasteiger partial charge in [-0.1, -0.05) is 32.0 Å². The van der Waals surface area contributed by atoms with Crippen LogP contribution in [-0.4, -0.2) is 19.1 Å². The Balaban J connectivity index is 2.06. The zero-order chi connectivity index (χ0) is 13.8. The van der Waals surface area contributed by atoms with Gasteiger partial charge in [-0.05, 0) is 49.7 Å². The second kappa shape index (κ2) is 6.42. The molecule has 2 heteroatoms. The Morgan fingerprint density at radius 2 is 1.79 bits per heavy atom. The fourth-order valence-corrected chi connectivity index (χ4v) is 3.15. The van der Waals surface area contributed by atoms with Gasteiger partial charge in [-0.15, -0.1) is 0 Å². The average molecular weight is 260 g/mol. The molecule has 2 N–H and O–H groups in total. The molecule has 0 aliphatic carbocycles. The zero-order valence-corrected chi connectivity index (χ0v) is 12.6. The van der Waals surface area contributed by atoms with Gasteiger partial charge in [0.15, 0.2) is 0 Å². The van der Waals surface area contributed by atoms with Crippen molar-refractivity contribution < 1.29 is 0 Å². The fourth-order valence-electron chi connectivity index (χ4n) is 3.15. The maximum atomic E-state index is 5.97. The van der Waals surface area contributed by atoms with Crippen molar-refractivity contribution in [1.82, 2.24) is 0 Å². The van der Waals surface area contributed by atoms with Crippen molar-refractivity contribution in [1.29, 1.82) is 0 Å². The van der Waals surface area contributed by atoms with Crippen molar-refractivity contribution in [2.75, 3.05) is 18.0 Å². The number of piperidine rings is 1. The molecular weight excluding hydrogens is 232 g/mol. The van der Waals surface area contributed by atoms with Crippen LogP contribution in [0.4, 0.5) is 5.69 Å². The molecule has 2 nitrogen and oxygen atoms in total. The van der Waals surface area contributed by atoms with Crippen molar-refractivity contribution in [3.63, 3.8) is 0 Å². The van der Waals surface area contributed by atoms with Crippen LogP contribution in [-0.2, 0) is 6.42 Å². The molecular formula is C17H28N2. The monoisotopic (exact) mass is 260 g/mol. The Labute approximate surface area is 118 Å². The van der Waals surface area contributed by atoms with E-state index in [1.54, 1.807) is 0 Å². The molecule has 1 aliphatic heterocycles. The summed E-state index contributed by atoms with van der Waals surface area (Å²) in [6, 6.07) is 8.99. The summed E-state index contributed by atoms with van der Waals surface area (Å²) in [7, 11) is 0. The molecule has 0 saturated carbocycles. The molecule has 106 valence electrons. The number of nitrogens with zero attached hydrogens (tertiary/aromatic N) is 1. The van der Waals surface area contributed by atoms with Gasteiger partial charge in [0.2, 0.25) is 0 Å². The van der Waals surface area contributed by atoms with E-state index < -0.39 is 0 Å². The third kappa shape index (κ3) is 3.73. The van der Waals surface area contributed by atoms with E-state index in [1.165, 1.54) is 37.2 Å². The number of anilines is 1. The third-order valence-electron chi connectivity index (χ3n) is 4.36. The van der Waals surface area contributed by atoms with Gasteiger partial charge >= 0.3 is 0 Å². The average Bonchev–Trinajstić information content (AvgIpc) is 2.39. The Bertz CT molecular complexity index is 390. The smallest absolute Gasteiger partial charge is 0.0399 e. The maximum absolute atomic E-state index is 5.97. The van der Waals surface area contributed by atoms with Crippen LogP contribution in [0.25, 0.3) is 0 Å². The van der Waals surface area contributed by atoms with E-state index in [1.807, 2.05) is 0 Å². The minimum Gasteiger partial charge on any atom is -0.371 e. The number of rotatable bonds is 4. The number of hydrogen-bond acceptors (Lipinski definition) is 2. The van der Waals surface area contributed by atoms with Crippen molar-refractivity contribution in [3.05, 3.63) is 29.8 Å². The highest BCUT2D eigenvalue weighted by Crippen LogP contribution is 2.30. The first-order valence-corrected chi connectivity index (χ1v) is 7.66. The van der Waals surface area contributed by atoms with E-state index in [-0.39, 0.29) is 6.04 Å². The molecule has 1 aliphatic rings. The molecule has 1 aromatic rings.